The number of aryl methyl sites for hydroxylation is 1. The topological polar surface area (TPSA) is 106 Å². The van der Waals surface area contributed by atoms with Crippen LogP contribution in [0.1, 0.15) is 70.2 Å². The van der Waals surface area contributed by atoms with Crippen LogP contribution < -0.4 is 25.4 Å². The molecule has 0 saturated carbocycles. The molecule has 3 rings (SSSR count). The van der Waals surface area contributed by atoms with Crippen molar-refractivity contribution in [2.24, 2.45) is 0 Å². The van der Waals surface area contributed by atoms with Crippen molar-refractivity contribution < 1.29 is 37.0 Å². The van der Waals surface area contributed by atoms with E-state index < -0.39 is 11.7 Å². The molecular weight excluding hydrogens is 623 g/mol. The molecule has 0 aliphatic rings. The van der Waals surface area contributed by atoms with Crippen LogP contribution in [0.15, 0.2) is 72.8 Å². The van der Waals surface area contributed by atoms with Crippen LogP contribution in [0, 0.1) is 0 Å². The van der Waals surface area contributed by atoms with E-state index in [1.165, 1.54) is 25.5 Å². The highest BCUT2D eigenvalue weighted by atomic mass is 19.4. The summed E-state index contributed by atoms with van der Waals surface area (Å²) in [5.41, 5.74) is 2.32. The van der Waals surface area contributed by atoms with Crippen LogP contribution in [-0.2, 0) is 39.8 Å². The van der Waals surface area contributed by atoms with Gasteiger partial charge in [0.15, 0.2) is 11.5 Å². The number of hydrogen-bond donors (Lipinski definition) is 3. The summed E-state index contributed by atoms with van der Waals surface area (Å²) in [6.07, 6.45) is -1.18. The molecule has 3 unspecified atom stereocenters. The fourth-order valence-corrected chi connectivity index (χ4v) is 4.83. The smallest absolute Gasteiger partial charge is 0.416 e. The molecule has 3 atom stereocenters. The average molecular weight is 674 g/mol. The lowest BCUT2D eigenvalue weighted by molar-refractivity contribution is -0.137. The SMILES string of the molecule is CC(=O)NC(C)CCc1ccccc1.CC(=O)NC(C)Cc1cccc(C(F)(F)F)c1.COc1ccc(CC(C)NC(C)=O)cc1OC. The summed E-state index contributed by atoms with van der Waals surface area (Å²) in [6.45, 7) is 10.2. The zero-order valence-electron chi connectivity index (χ0n) is 29.2. The summed E-state index contributed by atoms with van der Waals surface area (Å²) >= 11 is 0. The third kappa shape index (κ3) is 18.0. The predicted octanol–water partition coefficient (Wildman–Crippen LogP) is 6.69. The number of benzene rings is 3. The minimum atomic E-state index is -4.33. The monoisotopic (exact) mass is 673 g/mol. The first-order valence-corrected chi connectivity index (χ1v) is 15.8. The predicted molar refractivity (Wildman–Crippen MR) is 183 cm³/mol. The standard InChI is InChI=1S/C13H19NO3.C12H14F3NO.C12H17NO/c1-9(14-10(2)15)7-11-5-6-12(16-3)13(8-11)17-4;1-8(16-9(2)17)6-10-4-3-5-11(7-10)12(13,14)15;1-10(13-11(2)14)8-9-12-6-4-3-5-7-12/h5-6,8-9H,7H2,1-4H3,(H,14,15);3-5,7-8H,6H2,1-2H3,(H,16,17);3-7,10H,8-9H2,1-2H3,(H,13,14). The second kappa shape index (κ2) is 21.4. The van der Waals surface area contributed by atoms with Crippen molar-refractivity contribution in [1.82, 2.24) is 16.0 Å². The lowest BCUT2D eigenvalue weighted by Crippen LogP contribution is -2.32. The van der Waals surface area contributed by atoms with Crippen LogP contribution in [0.2, 0.25) is 0 Å². The van der Waals surface area contributed by atoms with Gasteiger partial charge in [0.2, 0.25) is 17.7 Å². The van der Waals surface area contributed by atoms with Crippen molar-refractivity contribution in [3.63, 3.8) is 0 Å². The number of rotatable bonds is 12. The number of nitrogens with one attached hydrogen (secondary N) is 3. The lowest BCUT2D eigenvalue weighted by Gasteiger charge is -2.14. The second-order valence-corrected chi connectivity index (χ2v) is 11.6. The van der Waals surface area contributed by atoms with E-state index in [1.807, 2.05) is 50.2 Å². The molecule has 0 aromatic heterocycles. The number of halogens is 3. The van der Waals surface area contributed by atoms with E-state index in [4.69, 9.17) is 9.47 Å². The Morgan fingerprint density at radius 3 is 1.58 bits per heavy atom. The first kappa shape index (κ1) is 41.5. The van der Waals surface area contributed by atoms with Crippen molar-refractivity contribution in [2.75, 3.05) is 14.2 Å². The minimum Gasteiger partial charge on any atom is -0.493 e. The van der Waals surface area contributed by atoms with Crippen LogP contribution in [0.25, 0.3) is 0 Å². The van der Waals surface area contributed by atoms with Gasteiger partial charge in [0.1, 0.15) is 0 Å². The minimum absolute atomic E-state index is 0.0158. The summed E-state index contributed by atoms with van der Waals surface area (Å²) in [4.78, 5) is 32.4. The van der Waals surface area contributed by atoms with Crippen molar-refractivity contribution in [3.05, 3.63) is 95.1 Å². The Balaban J connectivity index is 0.000000362. The van der Waals surface area contributed by atoms with E-state index in [1.54, 1.807) is 34.1 Å². The molecule has 3 aromatic rings. The third-order valence-electron chi connectivity index (χ3n) is 6.84. The molecule has 0 aliphatic carbocycles. The highest BCUT2D eigenvalue weighted by Crippen LogP contribution is 2.30. The quantitative estimate of drug-likeness (QED) is 0.199. The Labute approximate surface area is 282 Å². The van der Waals surface area contributed by atoms with Gasteiger partial charge in [0.05, 0.1) is 19.8 Å². The van der Waals surface area contributed by atoms with Crippen LogP contribution in [0.4, 0.5) is 13.2 Å². The molecule has 0 radical (unpaired) electrons. The number of ether oxygens (including phenoxy) is 2. The zero-order chi connectivity index (χ0) is 36.3. The molecule has 0 fully saturated rings. The molecule has 3 N–H and O–H groups in total. The van der Waals surface area contributed by atoms with Gasteiger partial charge < -0.3 is 25.4 Å². The number of amides is 3. The van der Waals surface area contributed by atoms with Gasteiger partial charge in [-0.1, -0.05) is 54.6 Å². The molecule has 0 saturated heterocycles. The third-order valence-corrected chi connectivity index (χ3v) is 6.84. The Bertz CT molecular complexity index is 1420. The van der Waals surface area contributed by atoms with Gasteiger partial charge >= 0.3 is 6.18 Å². The zero-order valence-corrected chi connectivity index (χ0v) is 29.2. The summed E-state index contributed by atoms with van der Waals surface area (Å²) in [7, 11) is 3.22. The maximum atomic E-state index is 12.4. The molecule has 264 valence electrons. The largest absolute Gasteiger partial charge is 0.493 e. The number of alkyl halides is 3. The molecule has 48 heavy (non-hydrogen) atoms. The Kier molecular flexibility index (Phi) is 18.5. The maximum absolute atomic E-state index is 12.4. The summed E-state index contributed by atoms with van der Waals surface area (Å²) in [5, 5.41) is 8.35. The number of methoxy groups -OCH3 is 2. The number of carbonyl (C=O) groups is 3. The molecule has 8 nitrogen and oxygen atoms in total. The average Bonchev–Trinajstić information content (AvgIpc) is 2.99. The van der Waals surface area contributed by atoms with Gasteiger partial charge in [-0.05, 0) is 81.3 Å². The second-order valence-electron chi connectivity index (χ2n) is 11.6. The molecule has 3 aromatic carbocycles. The lowest BCUT2D eigenvalue weighted by atomic mass is 10.0. The number of hydrogen-bond acceptors (Lipinski definition) is 5. The molecule has 0 bridgehead atoms. The summed E-state index contributed by atoms with van der Waals surface area (Å²) in [5.74, 6) is 1.26. The van der Waals surface area contributed by atoms with E-state index >= 15 is 0 Å². The fourth-order valence-electron chi connectivity index (χ4n) is 4.83. The van der Waals surface area contributed by atoms with E-state index in [9.17, 15) is 27.6 Å². The van der Waals surface area contributed by atoms with Crippen LogP contribution in [0.3, 0.4) is 0 Å². The van der Waals surface area contributed by atoms with Crippen molar-refractivity contribution in [2.45, 2.75) is 91.5 Å². The van der Waals surface area contributed by atoms with Gasteiger partial charge in [-0.25, -0.2) is 0 Å². The fraction of sp³-hybridized carbons (Fsp3) is 0.432. The Morgan fingerprint density at radius 1 is 0.625 bits per heavy atom. The summed E-state index contributed by atoms with van der Waals surface area (Å²) in [6, 6.07) is 21.4. The van der Waals surface area contributed by atoms with Crippen LogP contribution in [-0.4, -0.2) is 50.1 Å². The number of carbonyl (C=O) groups excluding carboxylic acids is 3. The highest BCUT2D eigenvalue weighted by molar-refractivity contribution is 5.73. The summed E-state index contributed by atoms with van der Waals surface area (Å²) < 4.78 is 47.7. The molecule has 3 amide bonds. The molecule has 11 heteroatoms. The van der Waals surface area contributed by atoms with Gasteiger partial charge in [0, 0.05) is 38.9 Å². The Morgan fingerprint density at radius 2 is 1.10 bits per heavy atom. The van der Waals surface area contributed by atoms with Gasteiger partial charge in [-0.15, -0.1) is 0 Å². The van der Waals surface area contributed by atoms with E-state index in [-0.39, 0.29) is 35.8 Å². The van der Waals surface area contributed by atoms with Crippen LogP contribution >= 0.6 is 0 Å². The van der Waals surface area contributed by atoms with Gasteiger partial charge in [0.25, 0.3) is 0 Å². The molecule has 0 spiro atoms. The molecule has 0 heterocycles. The van der Waals surface area contributed by atoms with Crippen molar-refractivity contribution in [1.29, 1.82) is 0 Å². The van der Waals surface area contributed by atoms with Gasteiger partial charge in [-0.3, -0.25) is 14.4 Å². The first-order chi connectivity index (χ1) is 22.5. The van der Waals surface area contributed by atoms with E-state index in [0.717, 1.165) is 37.0 Å². The molecular formula is C37H50F3N3O5. The first-order valence-electron chi connectivity index (χ1n) is 15.8. The highest BCUT2D eigenvalue weighted by Gasteiger charge is 2.30. The van der Waals surface area contributed by atoms with Gasteiger partial charge in [-0.2, -0.15) is 13.2 Å². The van der Waals surface area contributed by atoms with E-state index in [0.29, 0.717) is 23.5 Å². The van der Waals surface area contributed by atoms with Crippen molar-refractivity contribution >= 4 is 17.7 Å². The van der Waals surface area contributed by atoms with Crippen molar-refractivity contribution in [3.8, 4) is 11.5 Å². The van der Waals surface area contributed by atoms with E-state index in [2.05, 4.69) is 28.1 Å². The maximum Gasteiger partial charge on any atom is 0.416 e. The normalized spacial score (nSPS) is 12.4. The Hall–Kier alpha value is -4.54. The van der Waals surface area contributed by atoms with Crippen LogP contribution in [0.5, 0.6) is 11.5 Å². The molecule has 0 aliphatic heterocycles.